The normalized spacial score (nSPS) is 16.3. The number of hydrogen-bond acceptors (Lipinski definition) is 5. The number of furan rings is 1. The van der Waals surface area contributed by atoms with Crippen LogP contribution in [0.25, 0.3) is 11.7 Å². The first kappa shape index (κ1) is 17.4. The van der Waals surface area contributed by atoms with Gasteiger partial charge in [-0.1, -0.05) is 26.0 Å². The number of carbonyl (C=O) groups is 1. The van der Waals surface area contributed by atoms with E-state index in [1.54, 1.807) is 18.4 Å². The van der Waals surface area contributed by atoms with Crippen molar-refractivity contribution in [3.05, 3.63) is 54.1 Å². The number of benzene rings is 1. The summed E-state index contributed by atoms with van der Waals surface area (Å²) >= 11 is 0. The Kier molecular flexibility index (Phi) is 4.48. The highest BCUT2D eigenvalue weighted by Crippen LogP contribution is 2.33. The summed E-state index contributed by atoms with van der Waals surface area (Å²) in [5, 5.41) is 3.54. The van der Waals surface area contributed by atoms with Crippen molar-refractivity contribution in [3.8, 4) is 11.7 Å². The van der Waals surface area contributed by atoms with Gasteiger partial charge >= 0.3 is 0 Å². The number of para-hydroxylation sites is 2. The molecule has 1 aliphatic rings. The van der Waals surface area contributed by atoms with Crippen LogP contribution in [0.15, 0.2) is 51.5 Å². The molecule has 1 N–H and O–H groups in total. The van der Waals surface area contributed by atoms with Gasteiger partial charge in [0.25, 0.3) is 5.89 Å². The van der Waals surface area contributed by atoms with Crippen molar-refractivity contribution in [2.24, 2.45) is 5.92 Å². The Bertz CT molecular complexity index is 943. The second-order valence-corrected chi connectivity index (χ2v) is 7.19. The summed E-state index contributed by atoms with van der Waals surface area (Å²) in [4.78, 5) is 19.5. The lowest BCUT2D eigenvalue weighted by atomic mass is 9.99. The topological polar surface area (TPSA) is 71.5 Å². The van der Waals surface area contributed by atoms with Crippen molar-refractivity contribution >= 4 is 17.3 Å². The van der Waals surface area contributed by atoms with Crippen LogP contribution < -0.4 is 10.2 Å². The predicted octanol–water partition coefficient (Wildman–Crippen LogP) is 4.27. The number of oxazole rings is 1. The van der Waals surface area contributed by atoms with Crippen LogP contribution in [-0.2, 0) is 11.2 Å². The van der Waals surface area contributed by atoms with Gasteiger partial charge in [-0.15, -0.1) is 0 Å². The van der Waals surface area contributed by atoms with Crippen LogP contribution in [0.2, 0.25) is 0 Å². The smallest absolute Gasteiger partial charge is 0.263 e. The third kappa shape index (κ3) is 3.35. The third-order valence-electron chi connectivity index (χ3n) is 4.96. The van der Waals surface area contributed by atoms with E-state index >= 15 is 0 Å². The molecule has 1 aliphatic heterocycles. The van der Waals surface area contributed by atoms with E-state index in [0.717, 1.165) is 11.4 Å². The van der Waals surface area contributed by atoms with Gasteiger partial charge in [-0.3, -0.25) is 4.79 Å². The lowest BCUT2D eigenvalue weighted by Gasteiger charge is -2.37. The highest BCUT2D eigenvalue weighted by Gasteiger charge is 2.30. The molecule has 1 aromatic carbocycles. The lowest BCUT2D eigenvalue weighted by Crippen LogP contribution is -2.47. The molecule has 6 nitrogen and oxygen atoms in total. The molecule has 1 unspecified atom stereocenters. The summed E-state index contributed by atoms with van der Waals surface area (Å²) < 4.78 is 11.0. The Labute approximate surface area is 158 Å². The van der Waals surface area contributed by atoms with Crippen LogP contribution in [0.1, 0.15) is 25.3 Å². The highest BCUT2D eigenvalue weighted by molar-refractivity contribution is 5.98. The molecule has 0 fully saturated rings. The summed E-state index contributed by atoms with van der Waals surface area (Å²) in [7, 11) is 0. The Morgan fingerprint density at radius 1 is 1.30 bits per heavy atom. The minimum Gasteiger partial charge on any atom is -0.459 e. The maximum absolute atomic E-state index is 13.1. The molecule has 6 heteroatoms. The van der Waals surface area contributed by atoms with E-state index < -0.39 is 0 Å². The number of anilines is 2. The average molecular weight is 365 g/mol. The van der Waals surface area contributed by atoms with Gasteiger partial charge in [-0.25, -0.2) is 4.98 Å². The number of nitrogens with zero attached hydrogens (tertiary/aromatic N) is 2. The first-order chi connectivity index (χ1) is 13.0. The van der Waals surface area contributed by atoms with Crippen LogP contribution in [0, 0.1) is 12.8 Å². The van der Waals surface area contributed by atoms with Gasteiger partial charge in [0.2, 0.25) is 5.91 Å². The predicted molar refractivity (Wildman–Crippen MR) is 104 cm³/mol. The number of rotatable bonds is 4. The van der Waals surface area contributed by atoms with E-state index in [0.29, 0.717) is 35.6 Å². The molecule has 1 atom stereocenters. The molecule has 0 bridgehead atoms. The SMILES string of the molecule is Cc1oc(-c2ccco2)nc1CC(=O)N1CC(C(C)C)Nc2ccccc21. The van der Waals surface area contributed by atoms with Crippen molar-refractivity contribution in [1.29, 1.82) is 0 Å². The van der Waals surface area contributed by atoms with Crippen LogP contribution >= 0.6 is 0 Å². The van der Waals surface area contributed by atoms with Crippen molar-refractivity contribution in [1.82, 2.24) is 4.98 Å². The molecule has 0 saturated carbocycles. The summed E-state index contributed by atoms with van der Waals surface area (Å²) in [6, 6.07) is 11.7. The standard InChI is InChI=1S/C21H23N3O3/c1-13(2)17-12-24(18-8-5-4-7-15(18)22-17)20(25)11-16-14(3)27-21(23-16)19-9-6-10-26-19/h4-10,13,17,22H,11-12H2,1-3H3. The molecule has 1 amide bonds. The summed E-state index contributed by atoms with van der Waals surface area (Å²) in [5.74, 6) is 2.02. The number of aryl methyl sites for hydroxylation is 1. The molecule has 0 spiro atoms. The van der Waals surface area contributed by atoms with Gasteiger partial charge in [0.15, 0.2) is 5.76 Å². The maximum Gasteiger partial charge on any atom is 0.263 e. The fraction of sp³-hybridized carbons (Fsp3) is 0.333. The Morgan fingerprint density at radius 2 is 2.11 bits per heavy atom. The third-order valence-corrected chi connectivity index (χ3v) is 4.96. The summed E-state index contributed by atoms with van der Waals surface area (Å²) in [6.45, 7) is 6.78. The Balaban J connectivity index is 1.59. The molecular weight excluding hydrogens is 342 g/mol. The molecule has 3 heterocycles. The second kappa shape index (κ2) is 6.95. The summed E-state index contributed by atoms with van der Waals surface area (Å²) in [5.41, 5.74) is 2.54. The molecule has 0 aliphatic carbocycles. The maximum atomic E-state index is 13.1. The van der Waals surface area contributed by atoms with Crippen LogP contribution in [0.5, 0.6) is 0 Å². The number of nitrogens with one attached hydrogen (secondary N) is 1. The van der Waals surface area contributed by atoms with E-state index in [1.165, 1.54) is 0 Å². The highest BCUT2D eigenvalue weighted by atomic mass is 16.4. The fourth-order valence-corrected chi connectivity index (χ4v) is 3.32. The zero-order valence-corrected chi connectivity index (χ0v) is 15.7. The Morgan fingerprint density at radius 3 is 2.85 bits per heavy atom. The van der Waals surface area contributed by atoms with Crippen molar-refractivity contribution in [2.45, 2.75) is 33.2 Å². The number of fused-ring (bicyclic) bond motifs is 1. The second-order valence-electron chi connectivity index (χ2n) is 7.19. The average Bonchev–Trinajstić information content (AvgIpc) is 3.31. The van der Waals surface area contributed by atoms with Crippen molar-refractivity contribution in [3.63, 3.8) is 0 Å². The van der Waals surface area contributed by atoms with E-state index in [2.05, 4.69) is 24.1 Å². The number of carbonyl (C=O) groups excluding carboxylic acids is 1. The van der Waals surface area contributed by atoms with Crippen LogP contribution in [-0.4, -0.2) is 23.5 Å². The van der Waals surface area contributed by atoms with E-state index in [1.807, 2.05) is 36.1 Å². The first-order valence-electron chi connectivity index (χ1n) is 9.19. The largest absolute Gasteiger partial charge is 0.459 e. The van der Waals surface area contributed by atoms with E-state index in [9.17, 15) is 4.79 Å². The van der Waals surface area contributed by atoms with E-state index in [-0.39, 0.29) is 18.4 Å². The first-order valence-corrected chi connectivity index (χ1v) is 9.19. The van der Waals surface area contributed by atoms with Crippen molar-refractivity contribution in [2.75, 3.05) is 16.8 Å². The molecule has 3 aromatic rings. The Hall–Kier alpha value is -3.02. The van der Waals surface area contributed by atoms with Crippen LogP contribution in [0.3, 0.4) is 0 Å². The zero-order valence-electron chi connectivity index (χ0n) is 15.7. The molecule has 0 radical (unpaired) electrons. The van der Waals surface area contributed by atoms with Crippen molar-refractivity contribution < 1.29 is 13.6 Å². The monoisotopic (exact) mass is 365 g/mol. The van der Waals surface area contributed by atoms with Gasteiger partial charge in [0.1, 0.15) is 5.76 Å². The van der Waals surface area contributed by atoms with Crippen LogP contribution in [0.4, 0.5) is 11.4 Å². The van der Waals surface area contributed by atoms with Gasteiger partial charge in [-0.2, -0.15) is 0 Å². The minimum atomic E-state index is 0.0111. The molecule has 27 heavy (non-hydrogen) atoms. The lowest BCUT2D eigenvalue weighted by molar-refractivity contribution is -0.118. The number of aromatic nitrogens is 1. The van der Waals surface area contributed by atoms with Gasteiger partial charge < -0.3 is 19.1 Å². The minimum absolute atomic E-state index is 0.0111. The van der Waals surface area contributed by atoms with Gasteiger partial charge in [-0.05, 0) is 37.1 Å². The molecular formula is C21H23N3O3. The molecule has 140 valence electrons. The number of hydrogen-bond donors (Lipinski definition) is 1. The molecule has 4 rings (SSSR count). The van der Waals surface area contributed by atoms with E-state index in [4.69, 9.17) is 8.83 Å². The molecule has 0 saturated heterocycles. The summed E-state index contributed by atoms with van der Waals surface area (Å²) in [6.07, 6.45) is 1.76. The van der Waals surface area contributed by atoms with Gasteiger partial charge in [0, 0.05) is 12.6 Å². The van der Waals surface area contributed by atoms with Gasteiger partial charge in [0.05, 0.1) is 29.8 Å². The quantitative estimate of drug-likeness (QED) is 0.748. The number of amides is 1. The zero-order chi connectivity index (χ0) is 19.0. The fourth-order valence-electron chi connectivity index (χ4n) is 3.32. The molecule has 2 aromatic heterocycles.